The molecule has 0 bridgehead atoms. The van der Waals surface area contributed by atoms with Crippen LogP contribution in [0.1, 0.15) is 10.7 Å². The van der Waals surface area contributed by atoms with Crippen LogP contribution in [0.3, 0.4) is 0 Å². The van der Waals surface area contributed by atoms with Crippen LogP contribution in [0.4, 0.5) is 0 Å². The second kappa shape index (κ2) is 4.94. The Balaban J connectivity index is 2.02. The molecule has 2 nitrogen and oxygen atoms in total. The first-order valence-electron chi connectivity index (χ1n) is 4.54. The highest BCUT2D eigenvalue weighted by Gasteiger charge is 2.02. The van der Waals surface area contributed by atoms with Gasteiger partial charge in [-0.25, -0.2) is 4.98 Å². The van der Waals surface area contributed by atoms with Gasteiger partial charge in [-0.05, 0) is 41.6 Å². The van der Waals surface area contributed by atoms with Crippen LogP contribution < -0.4 is 4.74 Å². The molecule has 0 atom stereocenters. The van der Waals surface area contributed by atoms with Gasteiger partial charge in [-0.15, -0.1) is 11.3 Å². The lowest BCUT2D eigenvalue weighted by molar-refractivity contribution is 0.303. The van der Waals surface area contributed by atoms with E-state index in [-0.39, 0.29) is 0 Å². The predicted molar refractivity (Wildman–Crippen MR) is 70.3 cm³/mol. The maximum absolute atomic E-state index is 5.68. The van der Waals surface area contributed by atoms with Crippen molar-refractivity contribution < 1.29 is 4.74 Å². The molecule has 0 spiro atoms. The zero-order valence-electron chi connectivity index (χ0n) is 8.24. The number of aromatic nitrogens is 1. The molecule has 2 aromatic rings. The molecule has 0 amide bonds. The number of rotatable bonds is 3. The van der Waals surface area contributed by atoms with Gasteiger partial charge in [-0.1, -0.05) is 12.1 Å². The van der Waals surface area contributed by atoms with E-state index in [1.54, 1.807) is 11.3 Å². The van der Waals surface area contributed by atoms with Crippen LogP contribution in [-0.4, -0.2) is 4.98 Å². The Hall–Kier alpha value is -0.620. The van der Waals surface area contributed by atoms with E-state index in [4.69, 9.17) is 4.74 Å². The average Bonchev–Trinajstić information content (AvgIpc) is 2.63. The van der Waals surface area contributed by atoms with E-state index in [1.807, 2.05) is 36.6 Å². The molecule has 0 aliphatic rings. The predicted octanol–water partition coefficient (Wildman–Crippen LogP) is 3.64. The molecule has 0 aliphatic carbocycles. The summed E-state index contributed by atoms with van der Waals surface area (Å²) in [7, 11) is 0. The molecule has 0 aliphatic heterocycles. The first-order valence-corrected chi connectivity index (χ1v) is 6.50. The normalized spacial score (nSPS) is 10.3. The fraction of sp³-hybridized carbons (Fsp3) is 0.182. The Bertz CT molecular complexity index is 455. The minimum atomic E-state index is 0.554. The van der Waals surface area contributed by atoms with Gasteiger partial charge in [-0.3, -0.25) is 0 Å². The van der Waals surface area contributed by atoms with Crippen molar-refractivity contribution in [2.24, 2.45) is 0 Å². The summed E-state index contributed by atoms with van der Waals surface area (Å²) in [4.78, 5) is 4.35. The first kappa shape index (κ1) is 10.9. The van der Waals surface area contributed by atoms with E-state index < -0.39 is 0 Å². The standard InChI is InChI=1S/C11H10INOS/c1-8-7-15-11(13-8)6-14-10-5-3-2-4-9(10)12/h2-5,7H,6H2,1H3. The zero-order chi connectivity index (χ0) is 10.7. The van der Waals surface area contributed by atoms with Gasteiger partial charge in [0.15, 0.2) is 0 Å². The molecular formula is C11H10INOS. The lowest BCUT2D eigenvalue weighted by Gasteiger charge is -2.05. The summed E-state index contributed by atoms with van der Waals surface area (Å²) in [5, 5.41) is 3.06. The molecule has 0 saturated carbocycles. The molecule has 0 fully saturated rings. The molecule has 1 aromatic carbocycles. The van der Waals surface area contributed by atoms with E-state index in [2.05, 4.69) is 27.6 Å². The van der Waals surface area contributed by atoms with Gasteiger partial charge < -0.3 is 4.74 Å². The van der Waals surface area contributed by atoms with E-state index in [9.17, 15) is 0 Å². The Morgan fingerprint density at radius 2 is 2.20 bits per heavy atom. The largest absolute Gasteiger partial charge is 0.485 e. The molecule has 4 heteroatoms. The van der Waals surface area contributed by atoms with E-state index in [0.717, 1.165) is 20.0 Å². The lowest BCUT2D eigenvalue weighted by Crippen LogP contribution is -1.96. The molecule has 1 aromatic heterocycles. The summed E-state index contributed by atoms with van der Waals surface area (Å²) < 4.78 is 6.80. The second-order valence-corrected chi connectivity index (χ2v) is 5.21. The number of hydrogen-bond donors (Lipinski definition) is 0. The van der Waals surface area contributed by atoms with Gasteiger partial charge in [0.2, 0.25) is 0 Å². The average molecular weight is 331 g/mol. The molecule has 0 saturated heterocycles. The first-order chi connectivity index (χ1) is 7.25. The number of para-hydroxylation sites is 1. The number of ether oxygens (including phenoxy) is 1. The van der Waals surface area contributed by atoms with Crippen LogP contribution in [0.2, 0.25) is 0 Å². The number of nitrogens with zero attached hydrogens (tertiary/aromatic N) is 1. The van der Waals surface area contributed by atoms with Crippen LogP contribution in [0.15, 0.2) is 29.6 Å². The van der Waals surface area contributed by atoms with Crippen molar-refractivity contribution in [2.75, 3.05) is 0 Å². The monoisotopic (exact) mass is 331 g/mol. The third-order valence-corrected chi connectivity index (χ3v) is 3.69. The number of hydrogen-bond acceptors (Lipinski definition) is 3. The van der Waals surface area contributed by atoms with E-state index >= 15 is 0 Å². The van der Waals surface area contributed by atoms with E-state index in [1.165, 1.54) is 0 Å². The highest BCUT2D eigenvalue weighted by molar-refractivity contribution is 14.1. The van der Waals surface area contributed by atoms with Gasteiger partial charge in [0.25, 0.3) is 0 Å². The van der Waals surface area contributed by atoms with Gasteiger partial charge in [0.1, 0.15) is 17.4 Å². The maximum Gasteiger partial charge on any atom is 0.140 e. The summed E-state index contributed by atoms with van der Waals surface area (Å²) in [6.45, 7) is 2.55. The minimum absolute atomic E-state index is 0.554. The molecular weight excluding hydrogens is 321 g/mol. The molecule has 0 N–H and O–H groups in total. The third-order valence-electron chi connectivity index (χ3n) is 1.85. The third kappa shape index (κ3) is 2.92. The van der Waals surface area contributed by atoms with Crippen LogP contribution >= 0.6 is 33.9 Å². The van der Waals surface area contributed by atoms with Gasteiger partial charge >= 0.3 is 0 Å². The van der Waals surface area contributed by atoms with Crippen molar-refractivity contribution in [1.29, 1.82) is 0 Å². The van der Waals surface area contributed by atoms with Crippen LogP contribution in [-0.2, 0) is 6.61 Å². The Labute approximate surface area is 106 Å². The summed E-state index contributed by atoms with van der Waals surface area (Å²) in [5.74, 6) is 0.922. The van der Waals surface area contributed by atoms with Crippen molar-refractivity contribution in [3.63, 3.8) is 0 Å². The Morgan fingerprint density at radius 3 is 2.87 bits per heavy atom. The molecule has 0 radical (unpaired) electrons. The number of aryl methyl sites for hydroxylation is 1. The fourth-order valence-corrected chi connectivity index (χ4v) is 2.40. The van der Waals surface area contributed by atoms with Crippen LogP contribution in [0.25, 0.3) is 0 Å². The highest BCUT2D eigenvalue weighted by Crippen LogP contribution is 2.21. The maximum atomic E-state index is 5.68. The highest BCUT2D eigenvalue weighted by atomic mass is 127. The molecule has 0 unspecified atom stereocenters. The molecule has 78 valence electrons. The topological polar surface area (TPSA) is 22.1 Å². The van der Waals surface area contributed by atoms with Gasteiger partial charge in [0, 0.05) is 11.1 Å². The zero-order valence-corrected chi connectivity index (χ0v) is 11.2. The fourth-order valence-electron chi connectivity index (χ4n) is 1.17. The Morgan fingerprint density at radius 1 is 1.40 bits per heavy atom. The lowest BCUT2D eigenvalue weighted by atomic mass is 10.3. The Kier molecular flexibility index (Phi) is 3.58. The van der Waals surface area contributed by atoms with Crippen LogP contribution in [0, 0.1) is 10.5 Å². The number of thiazole rings is 1. The number of benzene rings is 1. The molecule has 2 rings (SSSR count). The molecule has 1 heterocycles. The summed E-state index contributed by atoms with van der Waals surface area (Å²) in [5.41, 5.74) is 1.06. The summed E-state index contributed by atoms with van der Waals surface area (Å²) >= 11 is 3.90. The van der Waals surface area contributed by atoms with E-state index in [0.29, 0.717) is 6.61 Å². The SMILES string of the molecule is Cc1csc(COc2ccccc2I)n1. The van der Waals surface area contributed by atoms with Crippen LogP contribution in [0.5, 0.6) is 5.75 Å². The van der Waals surface area contributed by atoms with Crippen molar-refractivity contribution in [2.45, 2.75) is 13.5 Å². The number of halogens is 1. The van der Waals surface area contributed by atoms with Crippen molar-refractivity contribution in [3.8, 4) is 5.75 Å². The van der Waals surface area contributed by atoms with Crippen molar-refractivity contribution in [1.82, 2.24) is 4.98 Å². The quantitative estimate of drug-likeness (QED) is 0.801. The van der Waals surface area contributed by atoms with Gasteiger partial charge in [-0.2, -0.15) is 0 Å². The van der Waals surface area contributed by atoms with Crippen molar-refractivity contribution >= 4 is 33.9 Å². The molecule has 15 heavy (non-hydrogen) atoms. The van der Waals surface area contributed by atoms with Gasteiger partial charge in [0.05, 0.1) is 3.57 Å². The smallest absolute Gasteiger partial charge is 0.140 e. The minimum Gasteiger partial charge on any atom is -0.485 e. The second-order valence-electron chi connectivity index (χ2n) is 3.10. The summed E-state index contributed by atoms with van der Waals surface area (Å²) in [6, 6.07) is 7.98. The van der Waals surface area contributed by atoms with Crippen molar-refractivity contribution in [3.05, 3.63) is 43.9 Å². The summed E-state index contributed by atoms with van der Waals surface area (Å²) in [6.07, 6.45) is 0.